The summed E-state index contributed by atoms with van der Waals surface area (Å²) in [5.41, 5.74) is 4.89. The average Bonchev–Trinajstić information content (AvgIpc) is 2.49. The van der Waals surface area contributed by atoms with E-state index in [1.54, 1.807) is 0 Å². The Hall–Kier alpha value is -0.590. The minimum Gasteiger partial charge on any atom is -0.593 e. The van der Waals surface area contributed by atoms with Gasteiger partial charge in [-0.2, -0.15) is 0 Å². The quantitative estimate of drug-likeness (QED) is 0.509. The second-order valence-electron chi connectivity index (χ2n) is 2.81. The summed E-state index contributed by atoms with van der Waals surface area (Å²) in [6.07, 6.45) is -0.623. The number of rotatable bonds is 3. The predicted octanol–water partition coefficient (Wildman–Crippen LogP) is -0.307. The number of hydrogen-bond acceptors (Lipinski definition) is 3. The lowest BCUT2D eigenvalue weighted by Gasteiger charge is -2.18. The van der Waals surface area contributed by atoms with Crippen LogP contribution >= 0.6 is 0 Å². The predicted molar refractivity (Wildman–Crippen MR) is 47.6 cm³/mol. The van der Waals surface area contributed by atoms with E-state index in [1.165, 1.54) is 4.31 Å². The van der Waals surface area contributed by atoms with E-state index in [2.05, 4.69) is 6.58 Å². The normalized spacial score (nSPS) is 25.8. The van der Waals surface area contributed by atoms with Crippen LogP contribution in [0.2, 0.25) is 0 Å². The van der Waals surface area contributed by atoms with Crippen LogP contribution in [0, 0.1) is 0 Å². The van der Waals surface area contributed by atoms with Crippen molar-refractivity contribution >= 4 is 17.3 Å². The summed E-state index contributed by atoms with van der Waals surface area (Å²) in [6.45, 7) is 3.74. The second kappa shape index (κ2) is 4.08. The maximum absolute atomic E-state index is 12.7. The minimum absolute atomic E-state index is 0.0823. The molecular weight excluding hydrogens is 195 g/mol. The summed E-state index contributed by atoms with van der Waals surface area (Å²) >= 11 is -1.67. The lowest BCUT2D eigenvalue weighted by molar-refractivity contribution is -0.113. The van der Waals surface area contributed by atoms with Crippen LogP contribution in [-0.4, -0.2) is 34.0 Å². The smallest absolute Gasteiger partial charge is 0.298 e. The fourth-order valence-corrected chi connectivity index (χ4v) is 2.13. The first-order valence-corrected chi connectivity index (χ1v) is 4.92. The van der Waals surface area contributed by atoms with Gasteiger partial charge in [-0.15, -0.1) is 4.31 Å². The van der Waals surface area contributed by atoms with E-state index in [4.69, 9.17) is 5.73 Å². The van der Waals surface area contributed by atoms with E-state index in [0.717, 1.165) is 0 Å². The first-order valence-electron chi connectivity index (χ1n) is 3.82. The van der Waals surface area contributed by atoms with Crippen molar-refractivity contribution in [2.75, 3.05) is 13.1 Å². The summed E-state index contributed by atoms with van der Waals surface area (Å²) in [6, 6.07) is 0. The second-order valence-corrected chi connectivity index (χ2v) is 4.32. The van der Waals surface area contributed by atoms with Crippen LogP contribution in [0.3, 0.4) is 0 Å². The number of hydrogen-bond donors (Lipinski definition) is 1. The van der Waals surface area contributed by atoms with Crippen LogP contribution in [0.4, 0.5) is 4.39 Å². The lowest BCUT2D eigenvalue weighted by atomic mass is 10.4. The molecule has 1 aliphatic heterocycles. The van der Waals surface area contributed by atoms with Crippen molar-refractivity contribution in [3.05, 3.63) is 11.5 Å². The van der Waals surface area contributed by atoms with Gasteiger partial charge in [0.1, 0.15) is 6.17 Å². The molecule has 1 rings (SSSR count). The highest BCUT2D eigenvalue weighted by atomic mass is 32.2. The maximum atomic E-state index is 12.7. The van der Waals surface area contributed by atoms with Crippen molar-refractivity contribution in [2.45, 2.75) is 12.6 Å². The molecule has 1 unspecified atom stereocenters. The highest BCUT2D eigenvalue weighted by Crippen LogP contribution is 2.20. The topological polar surface area (TPSA) is 69.4 Å². The number of nitrogens with two attached hydrogens (primary N) is 1. The van der Waals surface area contributed by atoms with Gasteiger partial charge in [0, 0.05) is 6.54 Å². The molecule has 1 fully saturated rings. The maximum Gasteiger partial charge on any atom is 0.298 e. The number of amides is 1. The Bertz CT molecular complexity index is 237. The van der Waals surface area contributed by atoms with Crippen LogP contribution in [-0.2, 0) is 16.2 Å². The largest absolute Gasteiger partial charge is 0.593 e. The molecule has 0 bridgehead atoms. The van der Waals surface area contributed by atoms with Gasteiger partial charge in [0.15, 0.2) is 0 Å². The van der Waals surface area contributed by atoms with Crippen molar-refractivity contribution in [1.29, 1.82) is 0 Å². The third-order valence-corrected chi connectivity index (χ3v) is 3.24. The summed E-state index contributed by atoms with van der Waals surface area (Å²) in [4.78, 5) is 10.4. The standard InChI is InChI=1S/C7H11FN2O2S/c1-5(7(9)11)13(12)10-3-2-6(8)4-10/h6H,1-4H2,(H2,9,11)/t6-,13?/m1/s1. The van der Waals surface area contributed by atoms with Gasteiger partial charge in [0.05, 0.1) is 17.9 Å². The molecule has 6 heteroatoms. The summed E-state index contributed by atoms with van der Waals surface area (Å²) in [5.74, 6) is -0.805. The van der Waals surface area contributed by atoms with Gasteiger partial charge >= 0.3 is 0 Å². The molecule has 1 saturated heterocycles. The molecule has 2 N–H and O–H groups in total. The van der Waals surface area contributed by atoms with Gasteiger partial charge in [-0.05, 0) is 13.0 Å². The molecule has 1 amide bonds. The Morgan fingerprint density at radius 1 is 1.77 bits per heavy atom. The zero-order chi connectivity index (χ0) is 10.0. The van der Waals surface area contributed by atoms with Crippen LogP contribution < -0.4 is 5.73 Å². The van der Waals surface area contributed by atoms with Gasteiger partial charge in [-0.25, -0.2) is 4.39 Å². The molecule has 0 aromatic rings. The SMILES string of the molecule is C=C(C(N)=O)[S+]([O-])N1CC[C@@H](F)C1. The van der Waals surface area contributed by atoms with Gasteiger partial charge in [0.25, 0.3) is 5.91 Å². The molecule has 0 aliphatic carbocycles. The Labute approximate surface area is 78.9 Å². The number of halogens is 1. The zero-order valence-electron chi connectivity index (χ0n) is 7.03. The monoisotopic (exact) mass is 206 g/mol. The Morgan fingerprint density at radius 2 is 2.38 bits per heavy atom. The first kappa shape index (κ1) is 10.5. The van der Waals surface area contributed by atoms with Gasteiger partial charge in [0.2, 0.25) is 4.91 Å². The first-order chi connectivity index (χ1) is 6.02. The molecule has 4 nitrogen and oxygen atoms in total. The molecule has 1 aliphatic rings. The number of alkyl halides is 1. The van der Waals surface area contributed by atoms with E-state index in [0.29, 0.717) is 13.0 Å². The fourth-order valence-electron chi connectivity index (χ4n) is 1.08. The van der Waals surface area contributed by atoms with E-state index in [1.807, 2.05) is 0 Å². The molecule has 0 spiro atoms. The molecular formula is C7H11FN2O2S. The van der Waals surface area contributed by atoms with E-state index >= 15 is 0 Å². The van der Waals surface area contributed by atoms with Gasteiger partial charge in [-0.3, -0.25) is 4.79 Å². The lowest BCUT2D eigenvalue weighted by Crippen LogP contribution is -2.34. The highest BCUT2D eigenvalue weighted by molar-refractivity contribution is 7.94. The number of carbonyl (C=O) groups excluding carboxylic acids is 1. The van der Waals surface area contributed by atoms with Crippen molar-refractivity contribution in [3.8, 4) is 0 Å². The van der Waals surface area contributed by atoms with Crippen LogP contribution in [0.15, 0.2) is 11.5 Å². The molecule has 2 atom stereocenters. The minimum atomic E-state index is -1.67. The molecule has 0 aromatic heterocycles. The van der Waals surface area contributed by atoms with Crippen molar-refractivity contribution in [3.63, 3.8) is 0 Å². The van der Waals surface area contributed by atoms with Crippen molar-refractivity contribution in [2.24, 2.45) is 5.73 Å². The van der Waals surface area contributed by atoms with Crippen molar-refractivity contribution < 1.29 is 13.7 Å². The van der Waals surface area contributed by atoms with Crippen LogP contribution in [0.5, 0.6) is 0 Å². The number of carbonyl (C=O) groups is 1. The summed E-state index contributed by atoms with van der Waals surface area (Å²) < 4.78 is 25.4. The average molecular weight is 206 g/mol. The van der Waals surface area contributed by atoms with Gasteiger partial charge < -0.3 is 10.3 Å². The van der Waals surface area contributed by atoms with E-state index in [9.17, 15) is 13.7 Å². The van der Waals surface area contributed by atoms with Crippen molar-refractivity contribution in [1.82, 2.24) is 4.31 Å². The van der Waals surface area contributed by atoms with Crippen LogP contribution in [0.25, 0.3) is 0 Å². The molecule has 0 radical (unpaired) electrons. The molecule has 0 saturated carbocycles. The Balaban J connectivity index is 2.53. The third-order valence-electron chi connectivity index (χ3n) is 1.81. The molecule has 74 valence electrons. The zero-order valence-corrected chi connectivity index (χ0v) is 7.85. The summed E-state index contributed by atoms with van der Waals surface area (Å²) in [7, 11) is 0. The fraction of sp³-hybridized carbons (Fsp3) is 0.571. The Kier molecular flexibility index (Phi) is 3.29. The van der Waals surface area contributed by atoms with E-state index < -0.39 is 23.4 Å². The Morgan fingerprint density at radius 3 is 2.77 bits per heavy atom. The highest BCUT2D eigenvalue weighted by Gasteiger charge is 2.34. The van der Waals surface area contributed by atoms with Crippen LogP contribution in [0.1, 0.15) is 6.42 Å². The number of nitrogens with zero attached hydrogens (tertiary/aromatic N) is 1. The number of primary amides is 1. The third kappa shape index (κ3) is 2.43. The van der Waals surface area contributed by atoms with E-state index in [-0.39, 0.29) is 11.4 Å². The summed E-state index contributed by atoms with van der Waals surface area (Å²) in [5, 5.41) is 0. The molecule has 13 heavy (non-hydrogen) atoms. The molecule has 1 heterocycles. The molecule has 0 aromatic carbocycles. The van der Waals surface area contributed by atoms with Gasteiger partial charge in [-0.1, -0.05) is 0 Å².